The number of hydrogen-bond donors (Lipinski definition) is 1. The molecule has 0 aliphatic heterocycles. The monoisotopic (exact) mass is 300 g/mol. The number of aliphatic hydroxyl groups excluding tert-OH is 1. The van der Waals surface area contributed by atoms with Crippen LogP contribution in [0, 0.1) is 6.92 Å². The van der Waals surface area contributed by atoms with Crippen LogP contribution in [0.25, 0.3) is 0 Å². The smallest absolute Gasteiger partial charge is 0.106 e. The Kier molecular flexibility index (Phi) is 4.18. The fourth-order valence-corrected chi connectivity index (χ4v) is 2.49. The molecule has 0 aromatic heterocycles. The van der Waals surface area contributed by atoms with E-state index in [1.165, 1.54) is 0 Å². The number of rotatable bonds is 2. The van der Waals surface area contributed by atoms with Crippen LogP contribution in [0.5, 0.6) is 0 Å². The van der Waals surface area contributed by atoms with E-state index in [4.69, 9.17) is 34.8 Å². The Morgan fingerprint density at radius 2 is 1.50 bits per heavy atom. The zero-order valence-electron chi connectivity index (χ0n) is 9.62. The van der Waals surface area contributed by atoms with Gasteiger partial charge in [0.1, 0.15) is 6.10 Å². The summed E-state index contributed by atoms with van der Waals surface area (Å²) in [5.74, 6) is 0. The molecule has 1 unspecified atom stereocenters. The fourth-order valence-electron chi connectivity index (χ4n) is 1.80. The molecule has 94 valence electrons. The molecular formula is C14H11Cl3O. The summed E-state index contributed by atoms with van der Waals surface area (Å²) in [5, 5.41) is 11.9. The van der Waals surface area contributed by atoms with Gasteiger partial charge in [-0.05, 0) is 42.3 Å². The second-order valence-electron chi connectivity index (χ2n) is 4.07. The molecule has 0 radical (unpaired) electrons. The van der Waals surface area contributed by atoms with Crippen molar-refractivity contribution in [3.05, 3.63) is 68.2 Å². The topological polar surface area (TPSA) is 20.2 Å². The first-order valence-corrected chi connectivity index (χ1v) is 6.51. The van der Waals surface area contributed by atoms with Crippen molar-refractivity contribution in [3.63, 3.8) is 0 Å². The Labute approximate surface area is 121 Å². The van der Waals surface area contributed by atoms with Gasteiger partial charge in [-0.25, -0.2) is 0 Å². The summed E-state index contributed by atoms with van der Waals surface area (Å²) in [6.07, 6.45) is -0.812. The third-order valence-electron chi connectivity index (χ3n) is 2.79. The summed E-state index contributed by atoms with van der Waals surface area (Å²) in [7, 11) is 0. The lowest BCUT2D eigenvalue weighted by Gasteiger charge is -2.16. The highest BCUT2D eigenvalue weighted by molar-refractivity contribution is 6.35. The normalized spacial score (nSPS) is 12.5. The van der Waals surface area contributed by atoms with Crippen LogP contribution in [-0.2, 0) is 0 Å². The van der Waals surface area contributed by atoms with Gasteiger partial charge in [-0.15, -0.1) is 0 Å². The number of benzene rings is 2. The van der Waals surface area contributed by atoms with E-state index in [1.807, 2.05) is 13.0 Å². The first-order valence-electron chi connectivity index (χ1n) is 5.38. The standard InChI is InChI=1S/C14H11Cl3O/c1-8-2-3-9(15)6-12(8)14(18)11-5-4-10(16)7-13(11)17/h2-7,14,18H,1H3. The van der Waals surface area contributed by atoms with E-state index in [0.717, 1.165) is 11.1 Å². The number of aliphatic hydroxyl groups is 1. The lowest BCUT2D eigenvalue weighted by atomic mass is 9.97. The van der Waals surface area contributed by atoms with Gasteiger partial charge in [-0.3, -0.25) is 0 Å². The summed E-state index contributed by atoms with van der Waals surface area (Å²) in [4.78, 5) is 0. The van der Waals surface area contributed by atoms with Crippen LogP contribution in [0.3, 0.4) is 0 Å². The predicted molar refractivity (Wildman–Crippen MR) is 76.7 cm³/mol. The second-order valence-corrected chi connectivity index (χ2v) is 5.35. The van der Waals surface area contributed by atoms with Crippen molar-refractivity contribution in [3.8, 4) is 0 Å². The number of aryl methyl sites for hydroxylation is 1. The Morgan fingerprint density at radius 3 is 2.17 bits per heavy atom. The van der Waals surface area contributed by atoms with Crippen molar-refractivity contribution in [1.82, 2.24) is 0 Å². The minimum Gasteiger partial charge on any atom is -0.384 e. The van der Waals surface area contributed by atoms with Crippen LogP contribution in [-0.4, -0.2) is 5.11 Å². The average Bonchev–Trinajstić information content (AvgIpc) is 2.31. The molecule has 0 spiro atoms. The van der Waals surface area contributed by atoms with Crippen LogP contribution in [0.15, 0.2) is 36.4 Å². The van der Waals surface area contributed by atoms with Crippen molar-refractivity contribution < 1.29 is 5.11 Å². The van der Waals surface area contributed by atoms with Gasteiger partial charge >= 0.3 is 0 Å². The maximum Gasteiger partial charge on any atom is 0.106 e. The van der Waals surface area contributed by atoms with Crippen LogP contribution in [0.4, 0.5) is 0 Å². The molecule has 0 saturated carbocycles. The maximum atomic E-state index is 10.4. The molecule has 1 atom stereocenters. The lowest BCUT2D eigenvalue weighted by Crippen LogP contribution is -2.02. The van der Waals surface area contributed by atoms with E-state index in [0.29, 0.717) is 20.6 Å². The van der Waals surface area contributed by atoms with Gasteiger partial charge in [0.25, 0.3) is 0 Å². The molecule has 0 amide bonds. The minimum atomic E-state index is -0.812. The predicted octanol–water partition coefficient (Wildman–Crippen LogP) is 5.04. The molecule has 4 heteroatoms. The molecule has 2 aromatic rings. The summed E-state index contributed by atoms with van der Waals surface area (Å²) in [5.41, 5.74) is 2.32. The second kappa shape index (κ2) is 5.50. The quantitative estimate of drug-likeness (QED) is 0.824. The minimum absolute atomic E-state index is 0.439. The van der Waals surface area contributed by atoms with Gasteiger partial charge in [0.15, 0.2) is 0 Å². The molecule has 1 nitrogen and oxygen atoms in total. The van der Waals surface area contributed by atoms with Crippen LogP contribution >= 0.6 is 34.8 Å². The largest absolute Gasteiger partial charge is 0.384 e. The lowest BCUT2D eigenvalue weighted by molar-refractivity contribution is 0.219. The highest BCUT2D eigenvalue weighted by atomic mass is 35.5. The van der Waals surface area contributed by atoms with Crippen molar-refractivity contribution in [2.24, 2.45) is 0 Å². The molecule has 1 N–H and O–H groups in total. The molecule has 18 heavy (non-hydrogen) atoms. The van der Waals surface area contributed by atoms with E-state index in [9.17, 15) is 5.11 Å². The van der Waals surface area contributed by atoms with E-state index in [1.54, 1.807) is 30.3 Å². The average molecular weight is 302 g/mol. The van der Waals surface area contributed by atoms with Crippen LogP contribution in [0.1, 0.15) is 22.8 Å². The van der Waals surface area contributed by atoms with E-state index in [2.05, 4.69) is 0 Å². The Morgan fingerprint density at radius 1 is 0.889 bits per heavy atom. The highest BCUT2D eigenvalue weighted by Gasteiger charge is 2.16. The van der Waals surface area contributed by atoms with E-state index >= 15 is 0 Å². The van der Waals surface area contributed by atoms with Gasteiger partial charge in [0.05, 0.1) is 0 Å². The zero-order chi connectivity index (χ0) is 13.3. The number of halogens is 3. The molecule has 0 saturated heterocycles. The molecule has 0 aliphatic carbocycles. The van der Waals surface area contributed by atoms with Gasteiger partial charge in [-0.1, -0.05) is 46.9 Å². The van der Waals surface area contributed by atoms with Gasteiger partial charge in [0, 0.05) is 20.6 Å². The fraction of sp³-hybridized carbons (Fsp3) is 0.143. The molecule has 0 heterocycles. The molecule has 0 bridgehead atoms. The van der Waals surface area contributed by atoms with Crippen LogP contribution in [0.2, 0.25) is 15.1 Å². The molecule has 0 fully saturated rings. The third-order valence-corrected chi connectivity index (χ3v) is 3.59. The first-order chi connectivity index (χ1) is 8.49. The molecular weight excluding hydrogens is 291 g/mol. The molecule has 2 rings (SSSR count). The van der Waals surface area contributed by atoms with E-state index < -0.39 is 6.10 Å². The van der Waals surface area contributed by atoms with Crippen molar-refractivity contribution >= 4 is 34.8 Å². The summed E-state index contributed by atoms with van der Waals surface area (Å²) in [6, 6.07) is 10.4. The van der Waals surface area contributed by atoms with Crippen molar-refractivity contribution in [2.45, 2.75) is 13.0 Å². The van der Waals surface area contributed by atoms with Crippen LogP contribution < -0.4 is 0 Å². The molecule has 0 aliphatic rings. The van der Waals surface area contributed by atoms with Gasteiger partial charge in [0.2, 0.25) is 0 Å². The van der Waals surface area contributed by atoms with Gasteiger partial charge in [-0.2, -0.15) is 0 Å². The Hall–Kier alpha value is -0.730. The maximum absolute atomic E-state index is 10.4. The number of hydrogen-bond acceptors (Lipinski definition) is 1. The Balaban J connectivity index is 2.47. The summed E-state index contributed by atoms with van der Waals surface area (Å²) >= 11 is 17.9. The highest BCUT2D eigenvalue weighted by Crippen LogP contribution is 2.32. The van der Waals surface area contributed by atoms with Crippen molar-refractivity contribution in [1.29, 1.82) is 0 Å². The Bertz CT molecular complexity index is 581. The zero-order valence-corrected chi connectivity index (χ0v) is 11.9. The SMILES string of the molecule is Cc1ccc(Cl)cc1C(O)c1ccc(Cl)cc1Cl. The van der Waals surface area contributed by atoms with Crippen molar-refractivity contribution in [2.75, 3.05) is 0 Å². The third kappa shape index (κ3) is 2.81. The van der Waals surface area contributed by atoms with Gasteiger partial charge < -0.3 is 5.11 Å². The summed E-state index contributed by atoms with van der Waals surface area (Å²) in [6.45, 7) is 1.92. The van der Waals surface area contributed by atoms with E-state index in [-0.39, 0.29) is 0 Å². The first kappa shape index (κ1) is 13.7. The summed E-state index contributed by atoms with van der Waals surface area (Å²) < 4.78 is 0. The molecule has 2 aromatic carbocycles.